The molecule has 2 rings (SSSR count). The van der Waals surface area contributed by atoms with Crippen LogP contribution in [0, 0.1) is 0 Å². The van der Waals surface area contributed by atoms with Crippen molar-refractivity contribution >= 4 is 26.7 Å². The predicted octanol–water partition coefficient (Wildman–Crippen LogP) is 4.00. The molecule has 0 radical (unpaired) electrons. The van der Waals surface area contributed by atoms with Crippen LogP contribution in [0.3, 0.4) is 0 Å². The molecule has 0 aromatic heterocycles. The van der Waals surface area contributed by atoms with Gasteiger partial charge >= 0.3 is 0 Å². The molecule has 0 aliphatic rings. The quantitative estimate of drug-likeness (QED) is 0.783. The van der Waals surface area contributed by atoms with Crippen molar-refractivity contribution in [2.75, 3.05) is 6.61 Å². The lowest BCUT2D eigenvalue weighted by Gasteiger charge is -2.08. The molecule has 0 unspecified atom stereocenters. The molecule has 0 saturated carbocycles. The first kappa shape index (κ1) is 9.53. The summed E-state index contributed by atoms with van der Waals surface area (Å²) in [5.74, 6) is 0.950. The first-order valence-electron chi connectivity index (χ1n) is 4.63. The molecule has 2 heteroatoms. The van der Waals surface area contributed by atoms with Crippen molar-refractivity contribution in [1.29, 1.82) is 0 Å². The lowest BCUT2D eigenvalue weighted by atomic mass is 10.1. The zero-order chi connectivity index (χ0) is 9.97. The molecule has 0 spiro atoms. The Bertz CT molecular complexity index is 451. The van der Waals surface area contributed by atoms with Gasteiger partial charge in [0.25, 0.3) is 0 Å². The summed E-state index contributed by atoms with van der Waals surface area (Å²) in [4.78, 5) is 0. The Labute approximate surface area is 91.8 Å². The molecule has 0 aliphatic carbocycles. The summed E-state index contributed by atoms with van der Waals surface area (Å²) < 4.78 is 6.66. The minimum Gasteiger partial charge on any atom is -0.493 e. The van der Waals surface area contributed by atoms with Crippen LogP contribution in [0.5, 0.6) is 5.75 Å². The summed E-state index contributed by atoms with van der Waals surface area (Å²) in [6.45, 7) is 2.70. The third kappa shape index (κ3) is 1.62. The molecular weight excluding hydrogens is 240 g/mol. The zero-order valence-electron chi connectivity index (χ0n) is 7.96. The summed E-state index contributed by atoms with van der Waals surface area (Å²) in [5.41, 5.74) is 0. The molecule has 0 amide bonds. The largest absolute Gasteiger partial charge is 0.493 e. The van der Waals surface area contributed by atoms with E-state index in [0.29, 0.717) is 6.61 Å². The Morgan fingerprint density at radius 3 is 2.50 bits per heavy atom. The summed E-state index contributed by atoms with van der Waals surface area (Å²) >= 11 is 3.53. The number of hydrogen-bond donors (Lipinski definition) is 0. The van der Waals surface area contributed by atoms with Crippen LogP contribution in [0.1, 0.15) is 6.92 Å². The highest BCUT2D eigenvalue weighted by Gasteiger charge is 2.03. The fourth-order valence-corrected chi connectivity index (χ4v) is 1.99. The average molecular weight is 251 g/mol. The first-order valence-corrected chi connectivity index (χ1v) is 5.42. The van der Waals surface area contributed by atoms with E-state index < -0.39 is 0 Å². The van der Waals surface area contributed by atoms with E-state index in [2.05, 4.69) is 28.1 Å². The highest BCUT2D eigenvalue weighted by molar-refractivity contribution is 9.10. The third-order valence-electron chi connectivity index (χ3n) is 2.13. The fraction of sp³-hybridized carbons (Fsp3) is 0.167. The molecular formula is C12H11BrO. The zero-order valence-corrected chi connectivity index (χ0v) is 9.54. The van der Waals surface area contributed by atoms with Gasteiger partial charge in [-0.05, 0) is 24.4 Å². The van der Waals surface area contributed by atoms with Crippen LogP contribution in [0.15, 0.2) is 40.9 Å². The second kappa shape index (κ2) is 4.01. The standard InChI is InChI=1S/C12H11BrO/c1-2-14-12-8-7-11(13)9-5-3-4-6-10(9)12/h3-8H,2H2,1H3. The van der Waals surface area contributed by atoms with Crippen LogP contribution in [-0.2, 0) is 0 Å². The van der Waals surface area contributed by atoms with Crippen LogP contribution in [-0.4, -0.2) is 6.61 Å². The Kier molecular flexibility index (Phi) is 2.73. The summed E-state index contributed by atoms with van der Waals surface area (Å²) in [7, 11) is 0. The maximum atomic E-state index is 5.55. The maximum absolute atomic E-state index is 5.55. The van der Waals surface area contributed by atoms with E-state index in [1.165, 1.54) is 5.39 Å². The SMILES string of the molecule is CCOc1ccc(Br)c2ccccc12. The van der Waals surface area contributed by atoms with Gasteiger partial charge < -0.3 is 4.74 Å². The van der Waals surface area contributed by atoms with E-state index in [4.69, 9.17) is 4.74 Å². The van der Waals surface area contributed by atoms with Crippen molar-refractivity contribution in [1.82, 2.24) is 0 Å². The topological polar surface area (TPSA) is 9.23 Å². The van der Waals surface area contributed by atoms with Gasteiger partial charge in [0.15, 0.2) is 0 Å². The average Bonchev–Trinajstić information content (AvgIpc) is 2.23. The number of halogens is 1. The van der Waals surface area contributed by atoms with Gasteiger partial charge in [-0.25, -0.2) is 0 Å². The van der Waals surface area contributed by atoms with E-state index in [0.717, 1.165) is 15.6 Å². The van der Waals surface area contributed by atoms with Crippen LogP contribution in [0.4, 0.5) is 0 Å². The Balaban J connectivity index is 2.68. The molecule has 0 N–H and O–H groups in total. The van der Waals surface area contributed by atoms with Gasteiger partial charge in [-0.15, -0.1) is 0 Å². The highest BCUT2D eigenvalue weighted by atomic mass is 79.9. The number of fused-ring (bicyclic) bond motifs is 1. The normalized spacial score (nSPS) is 10.4. The Morgan fingerprint density at radius 2 is 1.79 bits per heavy atom. The second-order valence-electron chi connectivity index (χ2n) is 3.02. The number of benzene rings is 2. The third-order valence-corrected chi connectivity index (χ3v) is 2.82. The van der Waals surface area contributed by atoms with Gasteiger partial charge in [0.2, 0.25) is 0 Å². The van der Waals surface area contributed by atoms with Crippen molar-refractivity contribution in [3.05, 3.63) is 40.9 Å². The molecule has 0 heterocycles. The van der Waals surface area contributed by atoms with E-state index >= 15 is 0 Å². The van der Waals surface area contributed by atoms with Crippen molar-refractivity contribution in [2.24, 2.45) is 0 Å². The van der Waals surface area contributed by atoms with Crippen molar-refractivity contribution < 1.29 is 4.74 Å². The van der Waals surface area contributed by atoms with Crippen LogP contribution in [0.25, 0.3) is 10.8 Å². The Morgan fingerprint density at radius 1 is 1.07 bits per heavy atom. The highest BCUT2D eigenvalue weighted by Crippen LogP contribution is 2.31. The van der Waals surface area contributed by atoms with Gasteiger partial charge in [0.1, 0.15) is 5.75 Å². The fourth-order valence-electron chi connectivity index (χ4n) is 1.52. The Hall–Kier alpha value is -1.02. The molecule has 2 aromatic carbocycles. The summed E-state index contributed by atoms with van der Waals surface area (Å²) in [5, 5.41) is 2.35. The maximum Gasteiger partial charge on any atom is 0.127 e. The second-order valence-corrected chi connectivity index (χ2v) is 3.88. The summed E-state index contributed by atoms with van der Waals surface area (Å²) in [6, 6.07) is 12.2. The summed E-state index contributed by atoms with van der Waals surface area (Å²) in [6.07, 6.45) is 0. The van der Waals surface area contributed by atoms with Crippen molar-refractivity contribution in [3.63, 3.8) is 0 Å². The molecule has 14 heavy (non-hydrogen) atoms. The van der Waals surface area contributed by atoms with Gasteiger partial charge in [0.05, 0.1) is 6.61 Å². The number of hydrogen-bond acceptors (Lipinski definition) is 1. The molecule has 72 valence electrons. The van der Waals surface area contributed by atoms with E-state index in [-0.39, 0.29) is 0 Å². The van der Waals surface area contributed by atoms with Gasteiger partial charge in [0, 0.05) is 9.86 Å². The lowest BCUT2D eigenvalue weighted by Crippen LogP contribution is -1.92. The van der Waals surface area contributed by atoms with Crippen molar-refractivity contribution in [2.45, 2.75) is 6.92 Å². The molecule has 2 aromatic rings. The number of ether oxygens (including phenoxy) is 1. The van der Waals surface area contributed by atoms with Gasteiger partial charge in [-0.3, -0.25) is 0 Å². The molecule has 0 saturated heterocycles. The molecule has 0 atom stereocenters. The van der Waals surface area contributed by atoms with Gasteiger partial charge in [-0.2, -0.15) is 0 Å². The molecule has 0 aliphatic heterocycles. The minimum absolute atomic E-state index is 0.700. The van der Waals surface area contributed by atoms with E-state index in [1.54, 1.807) is 0 Å². The van der Waals surface area contributed by atoms with Crippen LogP contribution >= 0.6 is 15.9 Å². The first-order chi connectivity index (χ1) is 6.83. The van der Waals surface area contributed by atoms with Crippen molar-refractivity contribution in [3.8, 4) is 5.75 Å². The molecule has 0 bridgehead atoms. The van der Waals surface area contributed by atoms with Gasteiger partial charge in [-0.1, -0.05) is 40.2 Å². The molecule has 1 nitrogen and oxygen atoms in total. The lowest BCUT2D eigenvalue weighted by molar-refractivity contribution is 0.344. The monoisotopic (exact) mass is 250 g/mol. The molecule has 0 fully saturated rings. The minimum atomic E-state index is 0.700. The number of rotatable bonds is 2. The van der Waals surface area contributed by atoms with Crippen LogP contribution < -0.4 is 4.74 Å². The smallest absolute Gasteiger partial charge is 0.127 e. The van der Waals surface area contributed by atoms with Crippen LogP contribution in [0.2, 0.25) is 0 Å². The van der Waals surface area contributed by atoms with E-state index in [9.17, 15) is 0 Å². The predicted molar refractivity (Wildman–Crippen MR) is 62.8 cm³/mol. The van der Waals surface area contributed by atoms with E-state index in [1.807, 2.05) is 31.2 Å².